The maximum Gasteiger partial charge on any atom is 0.128 e. The molecule has 0 amide bonds. The van der Waals surface area contributed by atoms with Crippen LogP contribution in [0.4, 0.5) is 8.78 Å². The van der Waals surface area contributed by atoms with E-state index in [2.05, 4.69) is 0 Å². The second-order valence-corrected chi connectivity index (χ2v) is 3.74. The molecule has 0 heterocycles. The maximum absolute atomic E-state index is 13.6. The number of aliphatic hydroxyl groups excluding tert-OH is 1. The summed E-state index contributed by atoms with van der Waals surface area (Å²) in [4.78, 5) is 0. The van der Waals surface area contributed by atoms with E-state index in [0.717, 1.165) is 0 Å². The highest BCUT2D eigenvalue weighted by atomic mass is 19.1. The summed E-state index contributed by atoms with van der Waals surface area (Å²) >= 11 is 0. The van der Waals surface area contributed by atoms with E-state index in [1.807, 2.05) is 0 Å². The molecule has 15 heavy (non-hydrogen) atoms. The third-order valence-corrected chi connectivity index (χ3v) is 2.49. The minimum atomic E-state index is -1.47. The van der Waals surface area contributed by atoms with Crippen LogP contribution in [0.25, 0.3) is 0 Å². The van der Waals surface area contributed by atoms with Crippen LogP contribution in [0.3, 0.4) is 0 Å². The molecule has 0 radical (unpaired) electrons. The number of aliphatic hydroxyl groups is 1. The number of rotatable bonds is 4. The average Bonchev–Trinajstić information content (AvgIpc) is 2.18. The van der Waals surface area contributed by atoms with E-state index in [1.54, 1.807) is 6.07 Å². The second-order valence-electron chi connectivity index (χ2n) is 3.74. The maximum atomic E-state index is 13.6. The van der Waals surface area contributed by atoms with Gasteiger partial charge in [-0.1, -0.05) is 18.2 Å². The van der Waals surface area contributed by atoms with E-state index in [1.165, 1.54) is 25.1 Å². The number of halogens is 2. The van der Waals surface area contributed by atoms with Crippen molar-refractivity contribution in [3.63, 3.8) is 0 Å². The molecule has 0 aliphatic heterocycles. The zero-order valence-corrected chi connectivity index (χ0v) is 8.58. The van der Waals surface area contributed by atoms with Crippen molar-refractivity contribution in [3.05, 3.63) is 35.6 Å². The summed E-state index contributed by atoms with van der Waals surface area (Å²) < 4.78 is 27.0. The molecule has 0 aliphatic rings. The molecule has 4 heteroatoms. The normalized spacial score (nSPS) is 17.1. The summed E-state index contributed by atoms with van der Waals surface area (Å²) in [7, 11) is 0. The van der Waals surface area contributed by atoms with Gasteiger partial charge in [0.05, 0.1) is 5.54 Å². The van der Waals surface area contributed by atoms with Crippen molar-refractivity contribution in [2.24, 2.45) is 5.73 Å². The summed E-state index contributed by atoms with van der Waals surface area (Å²) in [6.07, 6.45) is -1.57. The topological polar surface area (TPSA) is 46.2 Å². The van der Waals surface area contributed by atoms with Gasteiger partial charge in [-0.15, -0.1) is 0 Å². The van der Waals surface area contributed by atoms with E-state index in [0.29, 0.717) is 0 Å². The van der Waals surface area contributed by atoms with Crippen molar-refractivity contribution in [1.29, 1.82) is 0 Å². The van der Waals surface area contributed by atoms with Crippen molar-refractivity contribution in [2.75, 3.05) is 6.61 Å². The zero-order chi connectivity index (χ0) is 11.5. The zero-order valence-electron chi connectivity index (χ0n) is 8.58. The molecule has 1 aromatic rings. The van der Waals surface area contributed by atoms with E-state index < -0.39 is 17.5 Å². The highest BCUT2D eigenvalue weighted by Crippen LogP contribution is 2.27. The number of hydrogen-bond acceptors (Lipinski definition) is 2. The summed E-state index contributed by atoms with van der Waals surface area (Å²) in [5.74, 6) is -0.525. The molecule has 0 bridgehead atoms. The van der Waals surface area contributed by atoms with Gasteiger partial charge in [0, 0.05) is 18.6 Å². The SMILES string of the molecule is C[C@@](N)(c1ccccc1F)[C@@H](F)CCO. The third-order valence-electron chi connectivity index (χ3n) is 2.49. The van der Waals surface area contributed by atoms with Crippen LogP contribution in [0.15, 0.2) is 24.3 Å². The first-order chi connectivity index (χ1) is 7.00. The van der Waals surface area contributed by atoms with Gasteiger partial charge in [-0.25, -0.2) is 8.78 Å². The summed E-state index contributed by atoms with van der Waals surface area (Å²) in [5.41, 5.74) is 4.46. The van der Waals surface area contributed by atoms with Crippen molar-refractivity contribution >= 4 is 0 Å². The summed E-state index contributed by atoms with van der Waals surface area (Å²) in [6, 6.07) is 5.83. The lowest BCUT2D eigenvalue weighted by Gasteiger charge is -2.29. The molecule has 0 aliphatic carbocycles. The van der Waals surface area contributed by atoms with Crippen molar-refractivity contribution in [2.45, 2.75) is 25.1 Å². The predicted octanol–water partition coefficient (Wildman–Crippen LogP) is 1.72. The van der Waals surface area contributed by atoms with Gasteiger partial charge >= 0.3 is 0 Å². The first-order valence-electron chi connectivity index (χ1n) is 4.79. The second kappa shape index (κ2) is 4.68. The fraction of sp³-hybridized carbons (Fsp3) is 0.455. The predicted molar refractivity (Wildman–Crippen MR) is 54.5 cm³/mol. The third kappa shape index (κ3) is 2.52. The van der Waals surface area contributed by atoms with Crippen LogP contribution >= 0.6 is 0 Å². The largest absolute Gasteiger partial charge is 0.396 e. The standard InChI is InChI=1S/C11H15F2NO/c1-11(14,10(13)6-7-15)8-4-2-3-5-9(8)12/h2-5,10,15H,6-7,14H2,1H3/t10-,11+/m0/s1. The molecule has 0 fully saturated rings. The molecule has 1 rings (SSSR count). The molecule has 0 saturated carbocycles. The van der Waals surface area contributed by atoms with Gasteiger partial charge in [-0.2, -0.15) is 0 Å². The minimum Gasteiger partial charge on any atom is -0.396 e. The van der Waals surface area contributed by atoms with E-state index in [4.69, 9.17) is 10.8 Å². The van der Waals surface area contributed by atoms with Crippen LogP contribution in [-0.4, -0.2) is 17.9 Å². The lowest BCUT2D eigenvalue weighted by molar-refractivity contribution is 0.150. The Bertz CT molecular complexity index is 328. The van der Waals surface area contributed by atoms with Gasteiger partial charge in [0.1, 0.15) is 12.0 Å². The first kappa shape index (κ1) is 12.1. The van der Waals surface area contributed by atoms with Crippen LogP contribution in [0.1, 0.15) is 18.9 Å². The first-order valence-corrected chi connectivity index (χ1v) is 4.79. The summed E-state index contributed by atoms with van der Waals surface area (Å²) in [6.45, 7) is 1.12. The van der Waals surface area contributed by atoms with Crippen molar-refractivity contribution < 1.29 is 13.9 Å². The smallest absolute Gasteiger partial charge is 0.128 e. The Labute approximate surface area is 87.7 Å². The molecule has 3 N–H and O–H groups in total. The van der Waals surface area contributed by atoms with Crippen LogP contribution in [0.2, 0.25) is 0 Å². The fourth-order valence-electron chi connectivity index (χ4n) is 1.48. The Balaban J connectivity index is 2.99. The monoisotopic (exact) mass is 215 g/mol. The lowest BCUT2D eigenvalue weighted by Crippen LogP contribution is -2.44. The highest BCUT2D eigenvalue weighted by molar-refractivity contribution is 5.26. The molecule has 1 aromatic carbocycles. The van der Waals surface area contributed by atoms with Gasteiger partial charge < -0.3 is 10.8 Å². The number of hydrogen-bond donors (Lipinski definition) is 2. The Kier molecular flexibility index (Phi) is 3.77. The molecule has 2 atom stereocenters. The van der Waals surface area contributed by atoms with Crippen LogP contribution in [-0.2, 0) is 5.54 Å². The Morgan fingerprint density at radius 2 is 2.07 bits per heavy atom. The molecule has 0 saturated heterocycles. The lowest BCUT2D eigenvalue weighted by atomic mass is 9.86. The Morgan fingerprint density at radius 1 is 1.47 bits per heavy atom. The molecule has 0 spiro atoms. The molecule has 0 unspecified atom stereocenters. The van der Waals surface area contributed by atoms with E-state index in [9.17, 15) is 8.78 Å². The van der Waals surface area contributed by atoms with E-state index in [-0.39, 0.29) is 18.6 Å². The molecule has 2 nitrogen and oxygen atoms in total. The van der Waals surface area contributed by atoms with Crippen LogP contribution < -0.4 is 5.73 Å². The van der Waals surface area contributed by atoms with Gasteiger partial charge in [0.2, 0.25) is 0 Å². The van der Waals surface area contributed by atoms with Gasteiger partial charge in [-0.3, -0.25) is 0 Å². The average molecular weight is 215 g/mol. The van der Waals surface area contributed by atoms with Gasteiger partial charge in [0.25, 0.3) is 0 Å². The molecule has 84 valence electrons. The van der Waals surface area contributed by atoms with Gasteiger partial charge in [0.15, 0.2) is 0 Å². The highest BCUT2D eigenvalue weighted by Gasteiger charge is 2.33. The summed E-state index contributed by atoms with van der Waals surface area (Å²) in [5, 5.41) is 8.63. The number of benzene rings is 1. The van der Waals surface area contributed by atoms with Crippen molar-refractivity contribution in [1.82, 2.24) is 0 Å². The van der Waals surface area contributed by atoms with E-state index >= 15 is 0 Å². The Morgan fingerprint density at radius 3 is 2.60 bits per heavy atom. The van der Waals surface area contributed by atoms with Gasteiger partial charge in [-0.05, 0) is 13.0 Å². The molecule has 0 aromatic heterocycles. The molecular formula is C11H15F2NO. The van der Waals surface area contributed by atoms with Crippen molar-refractivity contribution in [3.8, 4) is 0 Å². The minimum absolute atomic E-state index is 0.0959. The van der Waals surface area contributed by atoms with Crippen LogP contribution in [0.5, 0.6) is 0 Å². The number of nitrogens with two attached hydrogens (primary N) is 1. The number of alkyl halides is 1. The molecular weight excluding hydrogens is 200 g/mol. The Hall–Kier alpha value is -1.00. The quantitative estimate of drug-likeness (QED) is 0.803. The van der Waals surface area contributed by atoms with Crippen LogP contribution in [0, 0.1) is 5.82 Å². The fourth-order valence-corrected chi connectivity index (χ4v) is 1.48.